The third kappa shape index (κ3) is 4.85. The lowest BCUT2D eigenvalue weighted by molar-refractivity contribution is -0.149. The Morgan fingerprint density at radius 3 is 2.83 bits per heavy atom. The first-order valence-electron chi connectivity index (χ1n) is 2.96. The van der Waals surface area contributed by atoms with Crippen LogP contribution in [0.25, 0.3) is 0 Å². The van der Waals surface area contributed by atoms with Crippen LogP contribution in [0.1, 0.15) is 6.92 Å². The maximum atomic E-state index is 10.7. The summed E-state index contributed by atoms with van der Waals surface area (Å²) < 4.78 is 26.8. The molecule has 0 aromatic rings. The summed E-state index contributed by atoms with van der Waals surface area (Å²) in [5.74, 6) is 1.30. The maximum absolute atomic E-state index is 10.7. The fourth-order valence-corrected chi connectivity index (χ4v) is 0.718. The van der Waals surface area contributed by atoms with Crippen molar-refractivity contribution in [3.63, 3.8) is 0 Å². The Labute approximate surface area is 72.5 Å². The Bertz CT molecular complexity index is 218. The molecule has 2 atom stereocenters. The fraction of sp³-hybridized carbons (Fsp3) is 0.500. The summed E-state index contributed by atoms with van der Waals surface area (Å²) in [5.41, 5.74) is 0. The highest BCUT2D eigenvalue weighted by atomic mass is 32.2. The number of esters is 1. The van der Waals surface area contributed by atoms with Crippen LogP contribution in [0.4, 0.5) is 0 Å². The largest absolute Gasteiger partial charge is 0.451 e. The monoisotopic (exact) mass is 192 g/mol. The molecule has 0 spiro atoms. The Morgan fingerprint density at radius 2 is 2.42 bits per heavy atom. The predicted molar refractivity (Wildman–Crippen MR) is 41.1 cm³/mol. The summed E-state index contributed by atoms with van der Waals surface area (Å²) >= 11 is -2.47. The number of rotatable bonds is 4. The summed E-state index contributed by atoms with van der Waals surface area (Å²) in [6.45, 7) is 1.11. The van der Waals surface area contributed by atoms with Crippen LogP contribution >= 0.6 is 0 Å². The molecule has 5 nitrogen and oxygen atoms in total. The Balaban J connectivity index is 3.78. The number of hydrogen-bond donors (Lipinski definition) is 1. The highest BCUT2D eigenvalue weighted by molar-refractivity contribution is 7.74. The van der Waals surface area contributed by atoms with E-state index in [2.05, 4.69) is 14.8 Å². The van der Waals surface area contributed by atoms with E-state index in [4.69, 9.17) is 11.0 Å². The molecular weight excluding hydrogens is 184 g/mol. The number of hydrogen-bond acceptors (Lipinski definition) is 4. The zero-order chi connectivity index (χ0) is 9.56. The molecule has 0 saturated carbocycles. The molecule has 0 fully saturated rings. The minimum absolute atomic E-state index is 0.176. The summed E-state index contributed by atoms with van der Waals surface area (Å²) in [6, 6.07) is 0. The highest BCUT2D eigenvalue weighted by Crippen LogP contribution is 1.95. The molecule has 0 amide bonds. The van der Waals surface area contributed by atoms with Crippen molar-refractivity contribution < 1.29 is 22.5 Å². The van der Waals surface area contributed by atoms with Crippen molar-refractivity contribution in [2.75, 3.05) is 6.61 Å². The Hall–Kier alpha value is -0.900. The zero-order valence-electron chi connectivity index (χ0n) is 6.35. The second-order valence-corrected chi connectivity index (χ2v) is 2.39. The molecule has 0 rings (SSSR count). The summed E-state index contributed by atoms with van der Waals surface area (Å²) in [6.07, 6.45) is 3.71. The third-order valence-electron chi connectivity index (χ3n) is 0.856. The van der Waals surface area contributed by atoms with Gasteiger partial charge in [-0.15, -0.1) is 6.42 Å². The summed E-state index contributed by atoms with van der Waals surface area (Å²) in [5, 5.41) is 0. The van der Waals surface area contributed by atoms with Gasteiger partial charge in [-0.05, 0) is 6.92 Å². The quantitative estimate of drug-likeness (QED) is 0.376. The summed E-state index contributed by atoms with van der Waals surface area (Å²) in [7, 11) is 0. The minimum Gasteiger partial charge on any atom is -0.451 e. The molecule has 12 heavy (non-hydrogen) atoms. The van der Waals surface area contributed by atoms with E-state index in [0.717, 1.165) is 0 Å². The van der Waals surface area contributed by atoms with Gasteiger partial charge in [-0.25, -0.2) is 4.79 Å². The standard InChI is InChI=1S/C6H8O5S/c1-3-4-10-6(7)5(2)11-12(8)9/h1,5H,4H2,2H3,(H,8,9). The summed E-state index contributed by atoms with van der Waals surface area (Å²) in [4.78, 5) is 10.7. The van der Waals surface area contributed by atoms with E-state index in [-0.39, 0.29) is 6.61 Å². The van der Waals surface area contributed by atoms with Crippen molar-refractivity contribution in [1.29, 1.82) is 0 Å². The van der Waals surface area contributed by atoms with Crippen molar-refractivity contribution in [2.24, 2.45) is 0 Å². The van der Waals surface area contributed by atoms with Gasteiger partial charge < -0.3 is 4.74 Å². The van der Waals surface area contributed by atoms with E-state index in [1.807, 2.05) is 0 Å². The Morgan fingerprint density at radius 1 is 1.83 bits per heavy atom. The number of carbonyl (C=O) groups excluding carboxylic acids is 1. The lowest BCUT2D eigenvalue weighted by Gasteiger charge is -2.06. The number of terminal acetylenes is 1. The van der Waals surface area contributed by atoms with Gasteiger partial charge in [0.2, 0.25) is 0 Å². The molecule has 0 aromatic heterocycles. The molecule has 6 heteroatoms. The third-order valence-corrected chi connectivity index (χ3v) is 1.31. The first-order valence-corrected chi connectivity index (χ1v) is 3.99. The van der Waals surface area contributed by atoms with Gasteiger partial charge >= 0.3 is 17.3 Å². The lowest BCUT2D eigenvalue weighted by Crippen LogP contribution is -2.24. The van der Waals surface area contributed by atoms with Crippen LogP contribution in [0, 0.1) is 12.3 Å². The first kappa shape index (κ1) is 11.1. The van der Waals surface area contributed by atoms with Crippen LogP contribution in [-0.2, 0) is 25.1 Å². The van der Waals surface area contributed by atoms with Crippen LogP contribution in [0.2, 0.25) is 0 Å². The SMILES string of the molecule is C#CCOC(=O)C(C)OS(=O)O. The molecule has 0 bridgehead atoms. The molecule has 2 unspecified atom stereocenters. The predicted octanol–water partition coefficient (Wildman–Crippen LogP) is -0.295. The van der Waals surface area contributed by atoms with Crippen LogP contribution in [0.3, 0.4) is 0 Å². The van der Waals surface area contributed by atoms with Crippen molar-refractivity contribution >= 4 is 17.3 Å². The average Bonchev–Trinajstić information content (AvgIpc) is 1.98. The van der Waals surface area contributed by atoms with Crippen LogP contribution in [0.15, 0.2) is 0 Å². The van der Waals surface area contributed by atoms with Gasteiger partial charge in [-0.2, -0.15) is 4.21 Å². The van der Waals surface area contributed by atoms with Gasteiger partial charge in [-0.3, -0.25) is 8.74 Å². The number of carbonyl (C=O) groups is 1. The van der Waals surface area contributed by atoms with Crippen molar-refractivity contribution in [2.45, 2.75) is 13.0 Å². The highest BCUT2D eigenvalue weighted by Gasteiger charge is 2.16. The van der Waals surface area contributed by atoms with Crippen molar-refractivity contribution in [3.8, 4) is 12.3 Å². The zero-order valence-corrected chi connectivity index (χ0v) is 7.17. The molecule has 0 aliphatic rings. The molecular formula is C6H8O5S. The van der Waals surface area contributed by atoms with E-state index in [1.165, 1.54) is 6.92 Å². The lowest BCUT2D eigenvalue weighted by atomic mass is 10.4. The topological polar surface area (TPSA) is 72.8 Å². The van der Waals surface area contributed by atoms with Crippen molar-refractivity contribution in [3.05, 3.63) is 0 Å². The molecule has 68 valence electrons. The van der Waals surface area contributed by atoms with Gasteiger partial charge in [0.15, 0.2) is 12.7 Å². The van der Waals surface area contributed by atoms with E-state index in [0.29, 0.717) is 0 Å². The molecule has 0 heterocycles. The molecule has 0 radical (unpaired) electrons. The second-order valence-electron chi connectivity index (χ2n) is 1.77. The van der Waals surface area contributed by atoms with E-state index in [1.54, 1.807) is 0 Å². The minimum atomic E-state index is -2.47. The van der Waals surface area contributed by atoms with Crippen molar-refractivity contribution in [1.82, 2.24) is 0 Å². The fourth-order valence-electron chi connectivity index (χ4n) is 0.393. The van der Waals surface area contributed by atoms with Gasteiger partial charge in [0, 0.05) is 0 Å². The van der Waals surface area contributed by atoms with E-state index >= 15 is 0 Å². The molecule has 0 saturated heterocycles. The van der Waals surface area contributed by atoms with Gasteiger partial charge in [0.1, 0.15) is 0 Å². The smallest absolute Gasteiger partial charge is 0.337 e. The van der Waals surface area contributed by atoms with Crippen LogP contribution in [0.5, 0.6) is 0 Å². The molecule has 1 N–H and O–H groups in total. The van der Waals surface area contributed by atoms with Crippen LogP contribution in [-0.4, -0.2) is 27.4 Å². The van der Waals surface area contributed by atoms with E-state index < -0.39 is 23.4 Å². The normalized spacial score (nSPS) is 14.4. The molecule has 0 aliphatic heterocycles. The van der Waals surface area contributed by atoms with Crippen LogP contribution < -0.4 is 0 Å². The number of ether oxygens (including phenoxy) is 1. The average molecular weight is 192 g/mol. The Kier molecular flexibility index (Phi) is 5.28. The molecule has 0 aliphatic carbocycles. The van der Waals surface area contributed by atoms with Gasteiger partial charge in [-0.1, -0.05) is 5.92 Å². The van der Waals surface area contributed by atoms with Gasteiger partial charge in [0.05, 0.1) is 0 Å². The van der Waals surface area contributed by atoms with E-state index in [9.17, 15) is 9.00 Å². The maximum Gasteiger partial charge on any atom is 0.337 e. The second kappa shape index (κ2) is 5.71. The molecule has 0 aromatic carbocycles. The van der Waals surface area contributed by atoms with Gasteiger partial charge in [0.25, 0.3) is 0 Å². The first-order chi connectivity index (χ1) is 5.57.